The van der Waals surface area contributed by atoms with Gasteiger partial charge in [-0.2, -0.15) is 0 Å². The molecule has 1 heterocycles. The number of benzene rings is 2. The van der Waals surface area contributed by atoms with Crippen LogP contribution in [0.25, 0.3) is 0 Å². The van der Waals surface area contributed by atoms with E-state index in [9.17, 15) is 4.79 Å². The first kappa shape index (κ1) is 18.7. The predicted octanol–water partition coefficient (Wildman–Crippen LogP) is 4.46. The van der Waals surface area contributed by atoms with Crippen LogP contribution in [0, 0.1) is 0 Å². The number of nitrogens with one attached hydrogen (secondary N) is 1. The van der Waals surface area contributed by atoms with Gasteiger partial charge < -0.3 is 15.1 Å². The Bertz CT molecular complexity index is 817. The van der Waals surface area contributed by atoms with E-state index in [0.717, 1.165) is 23.4 Å². The number of urea groups is 1. The molecule has 140 valence electrons. The van der Waals surface area contributed by atoms with Crippen molar-refractivity contribution in [2.75, 3.05) is 18.4 Å². The summed E-state index contributed by atoms with van der Waals surface area (Å²) in [5.41, 5.74) is 3.94. The molecule has 0 saturated carbocycles. The Kier molecular flexibility index (Phi) is 6.26. The van der Waals surface area contributed by atoms with Crippen LogP contribution in [0.2, 0.25) is 0 Å². The third-order valence-corrected chi connectivity index (χ3v) is 4.49. The lowest BCUT2D eigenvalue weighted by Crippen LogP contribution is -2.40. The van der Waals surface area contributed by atoms with Crippen LogP contribution < -0.4 is 5.32 Å². The number of oxime groups is 1. The minimum Gasteiger partial charge on any atom is -0.390 e. The Hall–Kier alpha value is -3.08. The number of hydrogen-bond acceptors (Lipinski definition) is 3. The number of aryl methyl sites for hydroxylation is 1. The zero-order valence-corrected chi connectivity index (χ0v) is 15.6. The van der Waals surface area contributed by atoms with E-state index in [1.54, 1.807) is 11.0 Å². The number of hydrogen-bond donors (Lipinski definition) is 1. The maximum absolute atomic E-state index is 12.7. The summed E-state index contributed by atoms with van der Waals surface area (Å²) in [5.74, 6) is 0. The van der Waals surface area contributed by atoms with E-state index in [4.69, 9.17) is 4.84 Å². The van der Waals surface area contributed by atoms with Gasteiger partial charge in [-0.3, -0.25) is 0 Å². The van der Waals surface area contributed by atoms with Gasteiger partial charge in [-0.05, 0) is 29.7 Å². The van der Waals surface area contributed by atoms with Crippen LogP contribution in [0.15, 0.2) is 72.4 Å². The zero-order chi connectivity index (χ0) is 19.1. The molecule has 5 heteroatoms. The zero-order valence-electron chi connectivity index (χ0n) is 15.6. The number of rotatable bonds is 7. The summed E-state index contributed by atoms with van der Waals surface area (Å²) < 4.78 is 0. The van der Waals surface area contributed by atoms with Crippen LogP contribution in [0.3, 0.4) is 0 Å². The van der Waals surface area contributed by atoms with Gasteiger partial charge in [-0.1, -0.05) is 60.6 Å². The molecule has 0 fully saturated rings. The normalized spacial score (nSPS) is 15.6. The smallest absolute Gasteiger partial charge is 0.322 e. The molecule has 1 aliphatic heterocycles. The van der Waals surface area contributed by atoms with Crippen molar-refractivity contribution in [3.05, 3.63) is 78.4 Å². The fourth-order valence-corrected chi connectivity index (χ4v) is 3.04. The van der Waals surface area contributed by atoms with E-state index in [0.29, 0.717) is 19.5 Å². The lowest BCUT2D eigenvalue weighted by Gasteiger charge is -2.24. The van der Waals surface area contributed by atoms with Crippen LogP contribution >= 0.6 is 0 Å². The summed E-state index contributed by atoms with van der Waals surface area (Å²) >= 11 is 0. The Balaban J connectivity index is 1.60. The molecular formula is C22H25N3O2. The molecule has 0 bridgehead atoms. The molecule has 3 rings (SSSR count). The Labute approximate surface area is 160 Å². The van der Waals surface area contributed by atoms with Gasteiger partial charge in [0.05, 0.1) is 12.3 Å². The fourth-order valence-electron chi connectivity index (χ4n) is 3.04. The number of amides is 2. The second-order valence-corrected chi connectivity index (χ2v) is 6.51. The second kappa shape index (κ2) is 9.03. The van der Waals surface area contributed by atoms with Crippen LogP contribution in [0.5, 0.6) is 0 Å². The van der Waals surface area contributed by atoms with E-state index in [-0.39, 0.29) is 12.1 Å². The maximum Gasteiger partial charge on any atom is 0.322 e. The van der Waals surface area contributed by atoms with Gasteiger partial charge in [0.2, 0.25) is 0 Å². The minimum absolute atomic E-state index is 0.159. The first-order valence-corrected chi connectivity index (χ1v) is 9.23. The highest BCUT2D eigenvalue weighted by Crippen LogP contribution is 2.18. The van der Waals surface area contributed by atoms with Crippen molar-refractivity contribution in [2.45, 2.75) is 25.9 Å². The monoisotopic (exact) mass is 363 g/mol. The Morgan fingerprint density at radius 3 is 2.85 bits per heavy atom. The highest BCUT2D eigenvalue weighted by Gasteiger charge is 2.26. The molecule has 1 unspecified atom stereocenters. The molecule has 2 amide bonds. The van der Waals surface area contributed by atoms with Crippen molar-refractivity contribution in [3.63, 3.8) is 0 Å². The first-order chi connectivity index (χ1) is 13.2. The highest BCUT2D eigenvalue weighted by molar-refractivity contribution is 6.01. The van der Waals surface area contributed by atoms with Crippen molar-refractivity contribution >= 4 is 17.4 Å². The van der Waals surface area contributed by atoms with Crippen molar-refractivity contribution in [3.8, 4) is 0 Å². The number of carbonyl (C=O) groups is 1. The topological polar surface area (TPSA) is 53.9 Å². The maximum atomic E-state index is 12.7. The van der Waals surface area contributed by atoms with E-state index < -0.39 is 0 Å². The van der Waals surface area contributed by atoms with Gasteiger partial charge in [-0.15, -0.1) is 6.58 Å². The molecule has 2 aromatic rings. The molecule has 0 radical (unpaired) electrons. The van der Waals surface area contributed by atoms with Crippen molar-refractivity contribution in [1.82, 2.24) is 4.90 Å². The fraction of sp³-hybridized carbons (Fsp3) is 0.273. The highest BCUT2D eigenvalue weighted by atomic mass is 16.6. The summed E-state index contributed by atoms with van der Waals surface area (Å²) in [7, 11) is 0. The van der Waals surface area contributed by atoms with Gasteiger partial charge in [0, 0.05) is 18.7 Å². The van der Waals surface area contributed by atoms with Crippen molar-refractivity contribution in [2.24, 2.45) is 5.16 Å². The van der Waals surface area contributed by atoms with Crippen molar-refractivity contribution < 1.29 is 9.63 Å². The molecule has 0 aromatic heterocycles. The summed E-state index contributed by atoms with van der Waals surface area (Å²) in [6.07, 6.45) is 3.16. The van der Waals surface area contributed by atoms with Crippen LogP contribution in [-0.4, -0.2) is 35.8 Å². The van der Waals surface area contributed by atoms with Crippen LogP contribution in [0.1, 0.15) is 24.5 Å². The van der Waals surface area contributed by atoms with E-state index in [1.165, 1.54) is 5.56 Å². The Morgan fingerprint density at radius 1 is 1.30 bits per heavy atom. The molecule has 27 heavy (non-hydrogen) atoms. The second-order valence-electron chi connectivity index (χ2n) is 6.51. The molecule has 5 nitrogen and oxygen atoms in total. The molecule has 1 N–H and O–H groups in total. The Morgan fingerprint density at radius 2 is 2.11 bits per heavy atom. The van der Waals surface area contributed by atoms with Gasteiger partial charge in [-0.25, -0.2) is 4.79 Å². The lowest BCUT2D eigenvalue weighted by atomic mass is 10.1. The molecule has 0 spiro atoms. The van der Waals surface area contributed by atoms with Crippen LogP contribution in [-0.2, 0) is 11.3 Å². The number of anilines is 1. The standard InChI is InChI=1S/C22H25N3O2/c1-3-13-25(22(26)23-19-12-8-9-17(4-2)14-19)16-20-15-21(24-27-20)18-10-6-5-7-11-18/h3,5-12,14,20H,1,4,13,15-16H2,2H3,(H,23,26). The summed E-state index contributed by atoms with van der Waals surface area (Å²) in [4.78, 5) is 20.0. The summed E-state index contributed by atoms with van der Waals surface area (Å²) in [6.45, 7) is 6.75. The molecular weight excluding hydrogens is 338 g/mol. The summed E-state index contributed by atoms with van der Waals surface area (Å²) in [5, 5.41) is 7.16. The molecule has 0 aliphatic carbocycles. The van der Waals surface area contributed by atoms with Gasteiger partial charge in [0.15, 0.2) is 6.10 Å². The summed E-state index contributed by atoms with van der Waals surface area (Å²) in [6, 6.07) is 17.7. The third kappa shape index (κ3) is 4.97. The lowest BCUT2D eigenvalue weighted by molar-refractivity contribution is 0.0645. The van der Waals surface area contributed by atoms with Gasteiger partial charge >= 0.3 is 6.03 Å². The van der Waals surface area contributed by atoms with E-state index in [1.807, 2.05) is 54.6 Å². The number of carbonyl (C=O) groups excluding carboxylic acids is 1. The largest absolute Gasteiger partial charge is 0.390 e. The van der Waals surface area contributed by atoms with Crippen LogP contribution in [0.4, 0.5) is 10.5 Å². The van der Waals surface area contributed by atoms with Gasteiger partial charge in [0.1, 0.15) is 0 Å². The SMILES string of the molecule is C=CCN(CC1CC(c2ccccc2)=NO1)C(=O)Nc1cccc(CC)c1. The molecule has 1 atom stereocenters. The van der Waals surface area contributed by atoms with E-state index in [2.05, 4.69) is 24.0 Å². The van der Waals surface area contributed by atoms with E-state index >= 15 is 0 Å². The minimum atomic E-state index is -0.167. The average Bonchev–Trinajstić information content (AvgIpc) is 3.17. The molecule has 0 saturated heterocycles. The molecule has 1 aliphatic rings. The van der Waals surface area contributed by atoms with Crippen molar-refractivity contribution in [1.29, 1.82) is 0 Å². The third-order valence-electron chi connectivity index (χ3n) is 4.49. The predicted molar refractivity (Wildman–Crippen MR) is 109 cm³/mol. The molecule has 2 aromatic carbocycles. The average molecular weight is 363 g/mol. The quantitative estimate of drug-likeness (QED) is 0.738. The number of nitrogens with zero attached hydrogens (tertiary/aromatic N) is 2. The first-order valence-electron chi connectivity index (χ1n) is 9.23. The van der Waals surface area contributed by atoms with Gasteiger partial charge in [0.25, 0.3) is 0 Å².